The SMILES string of the molecule is CCCCCCCCCCCCCCCCCCC1=NC=C[N+]1(CCCCCCCCCCCCCCCC)C(=O)CCCCCCCCCCC. The number of carbonyl (C=O) groups excluding carboxylic acids is 1. The molecule has 0 N–H and O–H groups in total. The van der Waals surface area contributed by atoms with Crippen LogP contribution in [-0.2, 0) is 4.79 Å². The van der Waals surface area contributed by atoms with E-state index in [9.17, 15) is 4.79 Å². The van der Waals surface area contributed by atoms with Crippen LogP contribution < -0.4 is 0 Å². The number of hydrogen-bond donors (Lipinski definition) is 0. The maximum absolute atomic E-state index is 14.0. The lowest BCUT2D eigenvalue weighted by Crippen LogP contribution is -2.52. The van der Waals surface area contributed by atoms with E-state index in [-0.39, 0.29) is 0 Å². The Kier molecular flexibility index (Phi) is 36.2. The minimum absolute atomic E-state index is 0.418. The van der Waals surface area contributed by atoms with Crippen LogP contribution in [0.3, 0.4) is 0 Å². The molecule has 3 heteroatoms. The molecular formula is C49H95N2O+. The van der Waals surface area contributed by atoms with Crippen molar-refractivity contribution in [3.05, 3.63) is 12.4 Å². The topological polar surface area (TPSA) is 29.4 Å². The van der Waals surface area contributed by atoms with E-state index in [1.165, 1.54) is 238 Å². The number of amides is 1. The first-order valence-corrected chi connectivity index (χ1v) is 24.4. The minimum atomic E-state index is 0.418. The van der Waals surface area contributed by atoms with Crippen LogP contribution in [0.25, 0.3) is 0 Å². The third-order valence-electron chi connectivity index (χ3n) is 12.1. The molecule has 0 aromatic carbocycles. The number of aliphatic imine (C=N–C) groups is 1. The van der Waals surface area contributed by atoms with Gasteiger partial charge in [-0.1, -0.05) is 245 Å². The smallest absolute Gasteiger partial charge is 0.230 e. The molecule has 306 valence electrons. The molecule has 0 aliphatic carbocycles. The summed E-state index contributed by atoms with van der Waals surface area (Å²) in [6.45, 7) is 7.83. The summed E-state index contributed by atoms with van der Waals surface area (Å²) in [5.74, 6) is 1.57. The fourth-order valence-electron chi connectivity index (χ4n) is 8.42. The predicted octanol–water partition coefficient (Wildman–Crippen LogP) is 17.3. The quantitative estimate of drug-likeness (QED) is 0.0455. The molecule has 0 saturated carbocycles. The second-order valence-corrected chi connectivity index (χ2v) is 17.1. The Bertz CT molecular complexity index is 818. The Labute approximate surface area is 328 Å². The summed E-state index contributed by atoms with van der Waals surface area (Å²) in [6, 6.07) is 0. The average molecular weight is 728 g/mol. The fraction of sp³-hybridized carbons (Fsp3) is 0.918. The Morgan fingerprint density at radius 3 is 1.04 bits per heavy atom. The van der Waals surface area contributed by atoms with Gasteiger partial charge in [-0.3, -0.25) is 0 Å². The van der Waals surface area contributed by atoms with Gasteiger partial charge in [0, 0.05) is 6.42 Å². The lowest BCUT2D eigenvalue weighted by Gasteiger charge is -2.30. The zero-order valence-corrected chi connectivity index (χ0v) is 36.2. The van der Waals surface area contributed by atoms with E-state index in [4.69, 9.17) is 4.99 Å². The van der Waals surface area contributed by atoms with Crippen molar-refractivity contribution in [2.24, 2.45) is 4.99 Å². The summed E-state index contributed by atoms with van der Waals surface area (Å²) >= 11 is 0. The molecular weight excluding hydrogens is 633 g/mol. The van der Waals surface area contributed by atoms with Gasteiger partial charge in [0.05, 0.1) is 19.2 Å². The van der Waals surface area contributed by atoms with E-state index in [2.05, 4.69) is 27.0 Å². The maximum atomic E-state index is 14.0. The van der Waals surface area contributed by atoms with Gasteiger partial charge in [-0.15, -0.1) is 0 Å². The highest BCUT2D eigenvalue weighted by atomic mass is 16.2. The van der Waals surface area contributed by atoms with Crippen LogP contribution in [-0.4, -0.2) is 22.8 Å². The van der Waals surface area contributed by atoms with E-state index in [0.717, 1.165) is 38.1 Å². The van der Waals surface area contributed by atoms with Crippen molar-refractivity contribution in [3.63, 3.8) is 0 Å². The number of rotatable bonds is 42. The minimum Gasteiger partial charge on any atom is -0.230 e. The van der Waals surface area contributed by atoms with Gasteiger partial charge in [0.25, 0.3) is 0 Å². The summed E-state index contributed by atoms with van der Waals surface area (Å²) in [7, 11) is 0. The number of quaternary nitrogens is 1. The van der Waals surface area contributed by atoms with Crippen molar-refractivity contribution in [3.8, 4) is 0 Å². The first-order chi connectivity index (χ1) is 25.7. The van der Waals surface area contributed by atoms with Crippen LogP contribution in [0.1, 0.15) is 284 Å². The van der Waals surface area contributed by atoms with Gasteiger partial charge in [-0.05, 0) is 25.7 Å². The van der Waals surface area contributed by atoms with Crippen LogP contribution in [0.15, 0.2) is 17.4 Å². The van der Waals surface area contributed by atoms with E-state index in [1.807, 2.05) is 6.20 Å². The van der Waals surface area contributed by atoms with E-state index < -0.39 is 0 Å². The van der Waals surface area contributed by atoms with Crippen LogP contribution in [0, 0.1) is 0 Å². The van der Waals surface area contributed by atoms with Crippen molar-refractivity contribution < 1.29 is 9.28 Å². The number of carbonyl (C=O) groups is 1. The van der Waals surface area contributed by atoms with Gasteiger partial charge in [-0.25, -0.2) is 9.79 Å². The zero-order valence-electron chi connectivity index (χ0n) is 36.2. The number of amidine groups is 1. The molecule has 1 aliphatic heterocycles. The van der Waals surface area contributed by atoms with Crippen molar-refractivity contribution in [1.29, 1.82) is 0 Å². The third kappa shape index (κ3) is 27.6. The summed E-state index contributed by atoms with van der Waals surface area (Å²) in [5, 5.41) is 0. The molecule has 0 aromatic heterocycles. The van der Waals surface area contributed by atoms with Gasteiger partial charge in [0.15, 0.2) is 0 Å². The highest BCUT2D eigenvalue weighted by molar-refractivity contribution is 5.90. The fourth-order valence-corrected chi connectivity index (χ4v) is 8.42. The van der Waals surface area contributed by atoms with Crippen molar-refractivity contribution in [2.45, 2.75) is 284 Å². The molecule has 0 saturated heterocycles. The molecule has 0 spiro atoms. The summed E-state index contributed by atoms with van der Waals surface area (Å²) in [4.78, 5) is 18.8. The molecule has 1 aliphatic rings. The van der Waals surface area contributed by atoms with Crippen LogP contribution in [0.2, 0.25) is 0 Å². The summed E-state index contributed by atoms with van der Waals surface area (Å²) in [6.07, 6.45) is 59.1. The Hall–Kier alpha value is -0.960. The average Bonchev–Trinajstić information content (AvgIpc) is 3.57. The first-order valence-electron chi connectivity index (χ1n) is 24.4. The molecule has 0 fully saturated rings. The standard InChI is InChI=1S/C49H95N2O/c1-4-7-10-13-16-19-21-23-25-26-27-29-32-34-37-40-43-48-50-45-47-51(48,49(52)44-41-38-35-31-18-15-12-9-6-3)46-42-39-36-33-30-28-24-22-20-17-14-11-8-5-2/h45,47H,4-44,46H2,1-3H3/q+1. The van der Waals surface area contributed by atoms with Crippen molar-refractivity contribution in [1.82, 2.24) is 0 Å². The van der Waals surface area contributed by atoms with Crippen LogP contribution in [0.4, 0.5) is 0 Å². The predicted molar refractivity (Wildman–Crippen MR) is 233 cm³/mol. The molecule has 1 atom stereocenters. The molecule has 1 amide bonds. The molecule has 0 bridgehead atoms. The monoisotopic (exact) mass is 728 g/mol. The molecule has 3 nitrogen and oxygen atoms in total. The second-order valence-electron chi connectivity index (χ2n) is 17.1. The molecule has 0 aromatic rings. The van der Waals surface area contributed by atoms with Gasteiger partial charge >= 0.3 is 5.91 Å². The molecule has 0 radical (unpaired) electrons. The number of hydrogen-bond acceptors (Lipinski definition) is 2. The first kappa shape index (κ1) is 49.1. The Balaban J connectivity index is 2.33. The Morgan fingerprint density at radius 2 is 0.692 bits per heavy atom. The molecule has 1 unspecified atom stereocenters. The zero-order chi connectivity index (χ0) is 37.5. The van der Waals surface area contributed by atoms with Gasteiger partial charge in [0.1, 0.15) is 6.20 Å². The van der Waals surface area contributed by atoms with Gasteiger partial charge in [-0.2, -0.15) is 4.48 Å². The maximum Gasteiger partial charge on any atom is 0.324 e. The molecule has 1 rings (SSSR count). The van der Waals surface area contributed by atoms with Crippen LogP contribution >= 0.6 is 0 Å². The third-order valence-corrected chi connectivity index (χ3v) is 12.1. The lowest BCUT2D eigenvalue weighted by molar-refractivity contribution is -0.708. The van der Waals surface area contributed by atoms with E-state index >= 15 is 0 Å². The number of unbranched alkanes of at least 4 members (excludes halogenated alkanes) is 36. The van der Waals surface area contributed by atoms with Crippen LogP contribution in [0.5, 0.6) is 0 Å². The summed E-state index contributed by atoms with van der Waals surface area (Å²) < 4.78 is 0.452. The highest BCUT2D eigenvalue weighted by Gasteiger charge is 2.41. The van der Waals surface area contributed by atoms with E-state index in [1.54, 1.807) is 0 Å². The lowest BCUT2D eigenvalue weighted by atomic mass is 10.0. The van der Waals surface area contributed by atoms with Gasteiger partial charge < -0.3 is 0 Å². The normalized spacial score (nSPS) is 15.6. The van der Waals surface area contributed by atoms with Crippen molar-refractivity contribution >= 4 is 11.7 Å². The van der Waals surface area contributed by atoms with E-state index in [0.29, 0.717) is 10.4 Å². The van der Waals surface area contributed by atoms with Gasteiger partial charge in [0.2, 0.25) is 5.84 Å². The highest BCUT2D eigenvalue weighted by Crippen LogP contribution is 2.27. The summed E-state index contributed by atoms with van der Waals surface area (Å²) in [5.41, 5.74) is 0. The van der Waals surface area contributed by atoms with Crippen molar-refractivity contribution in [2.75, 3.05) is 6.54 Å². The number of nitrogens with zero attached hydrogens (tertiary/aromatic N) is 2. The molecule has 52 heavy (non-hydrogen) atoms. The molecule has 1 heterocycles. The largest absolute Gasteiger partial charge is 0.324 e. The Morgan fingerprint density at radius 1 is 0.404 bits per heavy atom. The second kappa shape index (κ2) is 38.3.